The number of nitrogens with zero attached hydrogens (tertiary/aromatic N) is 4. The summed E-state index contributed by atoms with van der Waals surface area (Å²) in [5.74, 6) is 0.476. The Morgan fingerprint density at radius 1 is 1.30 bits per heavy atom. The lowest BCUT2D eigenvalue weighted by Crippen LogP contribution is -2.48. The SMILES string of the molecule is CC(C)(NC(=O)NC(c1nccs1)C1CC1)c1cn(-c2ccccc2)nn1. The van der Waals surface area contributed by atoms with Crippen LogP contribution in [0.25, 0.3) is 5.69 Å². The molecule has 1 unspecified atom stereocenters. The summed E-state index contributed by atoms with van der Waals surface area (Å²) in [6.07, 6.45) is 5.87. The molecule has 4 rings (SSSR count). The third-order valence-corrected chi connectivity index (χ3v) is 5.54. The molecule has 2 amide bonds. The molecule has 27 heavy (non-hydrogen) atoms. The molecule has 140 valence electrons. The quantitative estimate of drug-likeness (QED) is 0.684. The lowest BCUT2D eigenvalue weighted by atomic mass is 10.0. The van der Waals surface area contributed by atoms with Gasteiger partial charge in [0.2, 0.25) is 0 Å². The number of hydrogen-bond acceptors (Lipinski definition) is 5. The molecule has 2 N–H and O–H groups in total. The average Bonchev–Trinajstić information content (AvgIpc) is 3.13. The summed E-state index contributed by atoms with van der Waals surface area (Å²) in [6.45, 7) is 3.84. The van der Waals surface area contributed by atoms with Crippen molar-refractivity contribution in [1.82, 2.24) is 30.6 Å². The average molecular weight is 382 g/mol. The van der Waals surface area contributed by atoms with Gasteiger partial charge >= 0.3 is 6.03 Å². The second kappa shape index (κ2) is 7.11. The fourth-order valence-corrected chi connectivity index (χ4v) is 3.76. The Morgan fingerprint density at radius 3 is 2.74 bits per heavy atom. The van der Waals surface area contributed by atoms with Crippen LogP contribution < -0.4 is 10.6 Å². The van der Waals surface area contributed by atoms with Gasteiger partial charge in [-0.05, 0) is 44.7 Å². The molecule has 1 aliphatic carbocycles. The zero-order valence-electron chi connectivity index (χ0n) is 15.3. The van der Waals surface area contributed by atoms with Crippen LogP contribution in [0.1, 0.15) is 43.4 Å². The molecule has 0 aliphatic heterocycles. The highest BCUT2D eigenvalue weighted by atomic mass is 32.1. The number of carbonyl (C=O) groups excluding carboxylic acids is 1. The number of aromatic nitrogens is 4. The molecule has 1 aromatic carbocycles. The topological polar surface area (TPSA) is 84.7 Å². The summed E-state index contributed by atoms with van der Waals surface area (Å²) < 4.78 is 1.71. The fourth-order valence-electron chi connectivity index (χ4n) is 2.98. The van der Waals surface area contributed by atoms with Crippen molar-refractivity contribution in [1.29, 1.82) is 0 Å². The van der Waals surface area contributed by atoms with Crippen LogP contribution >= 0.6 is 11.3 Å². The number of carbonyl (C=O) groups is 1. The third-order valence-electron chi connectivity index (χ3n) is 4.68. The van der Waals surface area contributed by atoms with Gasteiger partial charge in [-0.1, -0.05) is 23.4 Å². The minimum atomic E-state index is -0.659. The van der Waals surface area contributed by atoms with Crippen molar-refractivity contribution in [2.45, 2.75) is 38.3 Å². The van der Waals surface area contributed by atoms with Gasteiger partial charge in [0, 0.05) is 11.6 Å². The van der Waals surface area contributed by atoms with Crippen LogP contribution in [0.2, 0.25) is 0 Å². The molecule has 3 aromatic rings. The van der Waals surface area contributed by atoms with Gasteiger partial charge in [-0.3, -0.25) is 0 Å². The van der Waals surface area contributed by atoms with Gasteiger partial charge in [0.1, 0.15) is 10.7 Å². The highest BCUT2D eigenvalue weighted by Crippen LogP contribution is 2.41. The second-order valence-corrected chi connectivity index (χ2v) is 8.22. The Labute approximate surface area is 161 Å². The minimum Gasteiger partial charge on any atom is -0.329 e. The van der Waals surface area contributed by atoms with Gasteiger partial charge < -0.3 is 10.6 Å². The zero-order valence-corrected chi connectivity index (χ0v) is 16.1. The molecule has 1 fully saturated rings. The zero-order chi connectivity index (χ0) is 18.9. The molecule has 1 saturated carbocycles. The first-order chi connectivity index (χ1) is 13.0. The van der Waals surface area contributed by atoms with Gasteiger partial charge in [-0.25, -0.2) is 14.5 Å². The van der Waals surface area contributed by atoms with Crippen LogP contribution in [0, 0.1) is 5.92 Å². The third kappa shape index (κ3) is 4.00. The van der Waals surface area contributed by atoms with E-state index in [2.05, 4.69) is 25.9 Å². The monoisotopic (exact) mass is 382 g/mol. The Bertz CT molecular complexity index is 901. The number of thiazole rings is 1. The van der Waals surface area contributed by atoms with Gasteiger partial charge in [0.25, 0.3) is 0 Å². The summed E-state index contributed by atoms with van der Waals surface area (Å²) in [5, 5.41) is 17.5. The van der Waals surface area contributed by atoms with E-state index in [-0.39, 0.29) is 12.1 Å². The van der Waals surface area contributed by atoms with E-state index in [4.69, 9.17) is 0 Å². The van der Waals surface area contributed by atoms with E-state index in [0.717, 1.165) is 23.5 Å². The smallest absolute Gasteiger partial charge is 0.316 e. The Balaban J connectivity index is 1.45. The fraction of sp³-hybridized carbons (Fsp3) is 0.368. The largest absolute Gasteiger partial charge is 0.329 e. The van der Waals surface area contributed by atoms with Gasteiger partial charge in [-0.2, -0.15) is 0 Å². The first-order valence-corrected chi connectivity index (χ1v) is 9.87. The molecule has 1 aliphatic rings. The summed E-state index contributed by atoms with van der Waals surface area (Å²) in [7, 11) is 0. The molecule has 0 bridgehead atoms. The molecule has 8 heteroatoms. The van der Waals surface area contributed by atoms with Gasteiger partial charge in [0.15, 0.2) is 0 Å². The summed E-state index contributed by atoms with van der Waals surface area (Å²) in [5.41, 5.74) is 0.960. The van der Waals surface area contributed by atoms with Crippen LogP contribution in [0.4, 0.5) is 4.79 Å². The standard InChI is InChI=1S/C19H22N6OS/c1-19(2,15-12-25(24-23-15)14-6-4-3-5-7-14)22-18(26)21-16(13-8-9-13)17-20-10-11-27-17/h3-7,10-13,16H,8-9H2,1-2H3,(H2,21,22,26). The van der Waals surface area contributed by atoms with Crippen LogP contribution in [0.15, 0.2) is 48.1 Å². The molecule has 1 atom stereocenters. The number of hydrogen-bond donors (Lipinski definition) is 2. The van der Waals surface area contributed by atoms with Crippen molar-refractivity contribution in [3.8, 4) is 5.69 Å². The van der Waals surface area contributed by atoms with E-state index in [9.17, 15) is 4.79 Å². The van der Waals surface area contributed by atoms with Gasteiger partial charge in [0.05, 0.1) is 23.5 Å². The van der Waals surface area contributed by atoms with E-state index in [1.54, 1.807) is 22.2 Å². The first kappa shape index (κ1) is 17.7. The van der Waals surface area contributed by atoms with Crippen LogP contribution in [-0.2, 0) is 5.54 Å². The Morgan fingerprint density at radius 2 is 2.07 bits per heavy atom. The Kier molecular flexibility index (Phi) is 4.65. The molecular formula is C19H22N6OS. The van der Waals surface area contributed by atoms with Crippen molar-refractivity contribution in [2.75, 3.05) is 0 Å². The minimum absolute atomic E-state index is 0.0270. The highest BCUT2D eigenvalue weighted by Gasteiger charge is 2.36. The molecule has 7 nitrogen and oxygen atoms in total. The number of benzene rings is 1. The molecule has 0 radical (unpaired) electrons. The van der Waals surface area contributed by atoms with Crippen molar-refractivity contribution >= 4 is 17.4 Å². The summed E-state index contributed by atoms with van der Waals surface area (Å²) >= 11 is 1.58. The van der Waals surface area contributed by atoms with Crippen LogP contribution in [0.3, 0.4) is 0 Å². The van der Waals surface area contributed by atoms with Crippen LogP contribution in [0.5, 0.6) is 0 Å². The van der Waals surface area contributed by atoms with Crippen molar-refractivity contribution in [3.05, 3.63) is 58.8 Å². The second-order valence-electron chi connectivity index (χ2n) is 7.29. The first-order valence-electron chi connectivity index (χ1n) is 8.99. The molecule has 0 spiro atoms. The summed E-state index contributed by atoms with van der Waals surface area (Å²) in [4.78, 5) is 17.0. The maximum absolute atomic E-state index is 12.6. The Hall–Kier alpha value is -2.74. The van der Waals surface area contributed by atoms with E-state index in [1.165, 1.54) is 0 Å². The van der Waals surface area contributed by atoms with E-state index in [0.29, 0.717) is 11.6 Å². The molecule has 0 saturated heterocycles. The van der Waals surface area contributed by atoms with Crippen molar-refractivity contribution in [2.24, 2.45) is 5.92 Å². The number of rotatable bonds is 6. The molecule has 2 heterocycles. The van der Waals surface area contributed by atoms with Crippen molar-refractivity contribution < 1.29 is 4.79 Å². The maximum atomic E-state index is 12.6. The number of para-hydroxylation sites is 1. The van der Waals surface area contributed by atoms with Crippen molar-refractivity contribution in [3.63, 3.8) is 0 Å². The highest BCUT2D eigenvalue weighted by molar-refractivity contribution is 7.09. The number of amides is 2. The van der Waals surface area contributed by atoms with E-state index in [1.807, 2.05) is 55.8 Å². The maximum Gasteiger partial charge on any atom is 0.316 e. The number of nitrogens with one attached hydrogen (secondary N) is 2. The van der Waals surface area contributed by atoms with Crippen LogP contribution in [-0.4, -0.2) is 26.0 Å². The lowest BCUT2D eigenvalue weighted by molar-refractivity contribution is 0.224. The predicted octanol–water partition coefficient (Wildman–Crippen LogP) is 3.41. The normalized spacial score (nSPS) is 15.3. The van der Waals surface area contributed by atoms with Gasteiger partial charge in [-0.15, -0.1) is 16.4 Å². The lowest BCUT2D eigenvalue weighted by Gasteiger charge is -2.25. The predicted molar refractivity (Wildman–Crippen MR) is 104 cm³/mol. The number of urea groups is 1. The van der Waals surface area contributed by atoms with E-state index < -0.39 is 5.54 Å². The molecular weight excluding hydrogens is 360 g/mol. The molecule has 2 aromatic heterocycles. The van der Waals surface area contributed by atoms with E-state index >= 15 is 0 Å². The summed E-state index contributed by atoms with van der Waals surface area (Å²) in [6, 6.07) is 9.52.